The number of pyridine rings is 1. The van der Waals surface area contributed by atoms with Gasteiger partial charge >= 0.3 is 6.18 Å². The molecule has 1 N–H and O–H groups in total. The van der Waals surface area contributed by atoms with E-state index in [2.05, 4.69) is 47.7 Å². The summed E-state index contributed by atoms with van der Waals surface area (Å²) in [5.41, 5.74) is 3.72. The maximum Gasteiger partial charge on any atom is 0.417 e. The second kappa shape index (κ2) is 11.8. The lowest BCUT2D eigenvalue weighted by atomic mass is 9.71. The minimum atomic E-state index is -4.68. The van der Waals surface area contributed by atoms with Gasteiger partial charge in [-0.05, 0) is 77.6 Å². The molecule has 43 heavy (non-hydrogen) atoms. The first-order chi connectivity index (χ1) is 19.8. The number of benzene rings is 1. The molecular weight excluding hydrogens is 569 g/mol. The molecule has 0 bridgehead atoms. The van der Waals surface area contributed by atoms with Crippen LogP contribution in [0.4, 0.5) is 13.2 Å². The van der Waals surface area contributed by atoms with Crippen molar-refractivity contribution in [1.82, 2.24) is 4.98 Å². The number of hydrogen-bond acceptors (Lipinski definition) is 5. The van der Waals surface area contributed by atoms with Crippen LogP contribution in [0.2, 0.25) is 18.1 Å². The Morgan fingerprint density at radius 2 is 1.86 bits per heavy atom. The normalized spacial score (nSPS) is 19.9. The summed E-state index contributed by atoms with van der Waals surface area (Å²) in [4.78, 5) is 5.22. The number of aliphatic hydroxyl groups excluding tert-OH is 1. The summed E-state index contributed by atoms with van der Waals surface area (Å²) in [6.45, 7) is 20.5. The fourth-order valence-electron chi connectivity index (χ4n) is 5.98. The summed E-state index contributed by atoms with van der Waals surface area (Å²) in [7, 11) is -2.25. The Morgan fingerprint density at radius 3 is 2.40 bits per heavy atom. The highest BCUT2D eigenvalue weighted by molar-refractivity contribution is 6.74. The van der Waals surface area contributed by atoms with Crippen molar-refractivity contribution < 1.29 is 27.4 Å². The summed E-state index contributed by atoms with van der Waals surface area (Å²) >= 11 is 0. The number of nitrogens with zero attached hydrogens (tertiary/aromatic N) is 2. The molecule has 0 saturated heterocycles. The number of aliphatic hydroxyl groups is 1. The van der Waals surface area contributed by atoms with Crippen LogP contribution < -0.4 is 0 Å². The maximum absolute atomic E-state index is 13.6. The summed E-state index contributed by atoms with van der Waals surface area (Å²) in [6, 6.07) is 5.00. The molecule has 1 aromatic carbocycles. The third kappa shape index (κ3) is 6.78. The fraction of sp³-hybridized carbons (Fsp3) is 0.588. The van der Waals surface area contributed by atoms with E-state index in [9.17, 15) is 23.5 Å². The lowest BCUT2D eigenvalue weighted by Crippen LogP contribution is -2.44. The van der Waals surface area contributed by atoms with E-state index >= 15 is 0 Å². The summed E-state index contributed by atoms with van der Waals surface area (Å²) in [5, 5.41) is 21.6. The third-order valence-electron chi connectivity index (χ3n) is 9.22. The van der Waals surface area contributed by atoms with Crippen LogP contribution in [-0.4, -0.2) is 31.6 Å². The molecule has 4 rings (SSSR count). The lowest BCUT2D eigenvalue weighted by molar-refractivity contribution is -0.137. The Kier molecular flexibility index (Phi) is 9.14. The van der Waals surface area contributed by atoms with E-state index < -0.39 is 31.7 Å². The molecule has 0 spiro atoms. The number of ether oxygens (including phenoxy) is 1. The molecule has 0 amide bonds. The van der Waals surface area contributed by atoms with Crippen LogP contribution >= 0.6 is 0 Å². The van der Waals surface area contributed by atoms with Gasteiger partial charge in [-0.3, -0.25) is 4.98 Å². The number of halogens is 3. The molecule has 0 radical (unpaired) electrons. The number of hydrogen-bond donors (Lipinski definition) is 1. The fourth-order valence-corrected chi connectivity index (χ4v) is 7.25. The maximum atomic E-state index is 13.6. The predicted octanol–water partition coefficient (Wildman–Crippen LogP) is 9.02. The van der Waals surface area contributed by atoms with Crippen molar-refractivity contribution in [3.63, 3.8) is 0 Å². The van der Waals surface area contributed by atoms with E-state index in [0.717, 1.165) is 47.4 Å². The van der Waals surface area contributed by atoms with E-state index in [-0.39, 0.29) is 28.0 Å². The van der Waals surface area contributed by atoms with Gasteiger partial charge in [0.1, 0.15) is 6.10 Å². The van der Waals surface area contributed by atoms with Crippen molar-refractivity contribution in [2.75, 3.05) is 13.2 Å². The average molecular weight is 615 g/mol. The Hall–Kier alpha value is -2.51. The lowest BCUT2D eigenvalue weighted by Gasteiger charge is -2.45. The molecule has 2 heterocycles. The molecule has 234 valence electrons. The minimum Gasteiger partial charge on any atom is -0.410 e. The van der Waals surface area contributed by atoms with Gasteiger partial charge in [0.15, 0.2) is 8.32 Å². The molecule has 2 atom stereocenters. The smallest absolute Gasteiger partial charge is 0.410 e. The molecule has 2 aliphatic rings. The van der Waals surface area contributed by atoms with Gasteiger partial charge in [-0.15, -0.1) is 0 Å². The second-order valence-electron chi connectivity index (χ2n) is 14.6. The number of fused-ring (bicyclic) bond motifs is 1. The first kappa shape index (κ1) is 33.4. The van der Waals surface area contributed by atoms with Gasteiger partial charge in [-0.2, -0.15) is 18.4 Å². The number of alkyl halides is 3. The van der Waals surface area contributed by atoms with Crippen LogP contribution in [0, 0.1) is 16.7 Å². The SMILES string of the molecule is CC(C)c1nc2c(c(C3=CCOCC3)c1C(O)c1ccc(C(F)(F)F)c(C#N)c1)C(O[Si](C)(C)C(C)(C)C)CC(C)(C)C2. The van der Waals surface area contributed by atoms with Gasteiger partial charge in [-0.1, -0.05) is 60.6 Å². The predicted molar refractivity (Wildman–Crippen MR) is 165 cm³/mol. The van der Waals surface area contributed by atoms with Crippen LogP contribution in [0.15, 0.2) is 24.3 Å². The minimum absolute atomic E-state index is 0.0333. The molecule has 0 fully saturated rings. The van der Waals surface area contributed by atoms with Gasteiger partial charge in [0.05, 0.1) is 36.5 Å². The van der Waals surface area contributed by atoms with Crippen molar-refractivity contribution in [2.24, 2.45) is 5.41 Å². The van der Waals surface area contributed by atoms with E-state index in [1.165, 1.54) is 6.07 Å². The van der Waals surface area contributed by atoms with E-state index in [1.54, 1.807) is 6.07 Å². The van der Waals surface area contributed by atoms with Crippen molar-refractivity contribution in [2.45, 2.75) is 110 Å². The Labute approximate surface area is 255 Å². The zero-order valence-electron chi connectivity index (χ0n) is 26.9. The van der Waals surface area contributed by atoms with Crippen LogP contribution in [0.1, 0.15) is 124 Å². The molecule has 5 nitrogen and oxygen atoms in total. The number of aromatic nitrogens is 1. The Morgan fingerprint density at radius 1 is 1.19 bits per heavy atom. The van der Waals surface area contributed by atoms with Crippen LogP contribution in [0.5, 0.6) is 0 Å². The molecule has 2 unspecified atom stereocenters. The van der Waals surface area contributed by atoms with Crippen molar-refractivity contribution in [3.05, 3.63) is 69.0 Å². The highest BCUT2D eigenvalue weighted by atomic mass is 28.4. The summed E-state index contributed by atoms with van der Waals surface area (Å²) < 4.78 is 53.7. The summed E-state index contributed by atoms with van der Waals surface area (Å²) in [5.74, 6) is -0.0798. The van der Waals surface area contributed by atoms with Crippen molar-refractivity contribution >= 4 is 13.9 Å². The van der Waals surface area contributed by atoms with E-state index in [4.69, 9.17) is 14.1 Å². The quantitative estimate of drug-likeness (QED) is 0.329. The van der Waals surface area contributed by atoms with Crippen LogP contribution in [0.25, 0.3) is 5.57 Å². The highest BCUT2D eigenvalue weighted by Gasteiger charge is 2.45. The molecule has 9 heteroatoms. The zero-order valence-corrected chi connectivity index (χ0v) is 27.9. The van der Waals surface area contributed by atoms with Gasteiger partial charge in [-0.25, -0.2) is 0 Å². The van der Waals surface area contributed by atoms with Gasteiger partial charge < -0.3 is 14.3 Å². The summed E-state index contributed by atoms with van der Waals surface area (Å²) in [6.07, 6.45) is -2.06. The topological polar surface area (TPSA) is 75.4 Å². The first-order valence-electron chi connectivity index (χ1n) is 15.1. The Balaban J connectivity index is 2.05. The Bertz CT molecular complexity index is 1450. The van der Waals surface area contributed by atoms with Crippen LogP contribution in [0.3, 0.4) is 0 Å². The van der Waals surface area contributed by atoms with E-state index in [0.29, 0.717) is 30.9 Å². The molecule has 0 saturated carbocycles. The van der Waals surface area contributed by atoms with Crippen molar-refractivity contribution in [1.29, 1.82) is 5.26 Å². The first-order valence-corrected chi connectivity index (χ1v) is 18.0. The second-order valence-corrected chi connectivity index (χ2v) is 19.3. The molecule has 2 aromatic rings. The molecule has 1 aliphatic carbocycles. The third-order valence-corrected chi connectivity index (χ3v) is 13.7. The van der Waals surface area contributed by atoms with Crippen LogP contribution in [-0.2, 0) is 21.8 Å². The van der Waals surface area contributed by atoms with Gasteiger partial charge in [0, 0.05) is 22.5 Å². The van der Waals surface area contributed by atoms with Gasteiger partial charge in [0.2, 0.25) is 0 Å². The van der Waals surface area contributed by atoms with Gasteiger partial charge in [0.25, 0.3) is 0 Å². The molecular formula is C34H45F3N2O3Si. The highest BCUT2D eigenvalue weighted by Crippen LogP contribution is 2.51. The standard InChI is InChI=1S/C34H45F3N2O3Si/c1-20(2)30-29(31(40)22-10-11-24(34(35,36)37)23(16-22)19-38)27(21-12-14-41-15-13-21)28-25(39-30)17-33(6,7)18-26(28)42-43(8,9)32(3,4)5/h10-12,16,20,26,31,40H,13-15,17-18H2,1-9H3. The molecule has 1 aliphatic heterocycles. The number of rotatable bonds is 6. The average Bonchev–Trinajstić information content (AvgIpc) is 2.89. The molecule has 1 aromatic heterocycles. The zero-order chi connectivity index (χ0) is 32.1. The number of nitriles is 1. The largest absolute Gasteiger partial charge is 0.417 e. The van der Waals surface area contributed by atoms with Crippen molar-refractivity contribution in [3.8, 4) is 6.07 Å². The van der Waals surface area contributed by atoms with E-state index in [1.807, 2.05) is 19.9 Å². The monoisotopic (exact) mass is 614 g/mol.